The van der Waals surface area contributed by atoms with E-state index in [1.807, 2.05) is 13.8 Å². The molecule has 0 saturated heterocycles. The Morgan fingerprint density at radius 1 is 1.11 bits per heavy atom. The van der Waals surface area contributed by atoms with Gasteiger partial charge >= 0.3 is 5.97 Å². The van der Waals surface area contributed by atoms with Crippen molar-refractivity contribution in [3.05, 3.63) is 11.1 Å². The van der Waals surface area contributed by atoms with Crippen LogP contribution in [-0.2, 0) is 14.4 Å². The van der Waals surface area contributed by atoms with Crippen LogP contribution in [0.3, 0.4) is 0 Å². The van der Waals surface area contributed by atoms with E-state index in [4.69, 9.17) is 5.11 Å². The third-order valence-corrected chi connectivity index (χ3v) is 2.80. The number of likely N-dealkylation sites (N-methyl/N-ethyl adjacent to an activating group) is 1. The second-order valence-electron chi connectivity index (χ2n) is 4.83. The summed E-state index contributed by atoms with van der Waals surface area (Å²) in [7, 11) is 1.49. The average molecular weight is 270 g/mol. The number of carbonyl (C=O) groups excluding carboxylic acids is 2. The molecule has 108 valence electrons. The topological polar surface area (TPSA) is 95.5 Å². The molecule has 6 heteroatoms. The van der Waals surface area contributed by atoms with Crippen molar-refractivity contribution in [3.63, 3.8) is 0 Å². The number of hydrogen-bond acceptors (Lipinski definition) is 3. The molecule has 19 heavy (non-hydrogen) atoms. The molecule has 6 nitrogen and oxygen atoms in total. The summed E-state index contributed by atoms with van der Waals surface area (Å²) in [6.45, 7) is 6.66. The maximum atomic E-state index is 11.9. The van der Waals surface area contributed by atoms with E-state index in [9.17, 15) is 14.4 Å². The van der Waals surface area contributed by atoms with Crippen LogP contribution in [0.4, 0.5) is 0 Å². The lowest BCUT2D eigenvalue weighted by atomic mass is 10.0. The summed E-state index contributed by atoms with van der Waals surface area (Å²) in [6, 6.07) is -0.658. The van der Waals surface area contributed by atoms with Gasteiger partial charge in [-0.1, -0.05) is 13.8 Å². The Bertz CT molecular complexity index is 399. The summed E-state index contributed by atoms with van der Waals surface area (Å²) in [4.78, 5) is 34.3. The van der Waals surface area contributed by atoms with Crippen LogP contribution in [0.15, 0.2) is 11.1 Å². The second-order valence-corrected chi connectivity index (χ2v) is 4.83. The molecular formula is C13H22N2O4. The quantitative estimate of drug-likeness (QED) is 0.619. The van der Waals surface area contributed by atoms with Gasteiger partial charge in [-0.25, -0.2) is 4.79 Å². The summed E-state index contributed by atoms with van der Waals surface area (Å²) in [5.74, 6) is -1.74. The highest BCUT2D eigenvalue weighted by Crippen LogP contribution is 2.08. The Labute approximate surface area is 113 Å². The molecule has 0 spiro atoms. The van der Waals surface area contributed by atoms with Gasteiger partial charge < -0.3 is 15.7 Å². The fourth-order valence-electron chi connectivity index (χ4n) is 1.47. The lowest BCUT2D eigenvalue weighted by Gasteiger charge is -2.19. The molecule has 0 aliphatic carbocycles. The molecule has 0 saturated carbocycles. The molecule has 0 heterocycles. The van der Waals surface area contributed by atoms with Crippen molar-refractivity contribution in [3.8, 4) is 0 Å². The summed E-state index contributed by atoms with van der Waals surface area (Å²) >= 11 is 0. The highest BCUT2D eigenvalue weighted by molar-refractivity contribution is 6.02. The molecule has 0 radical (unpaired) electrons. The predicted octanol–water partition coefficient (Wildman–Crippen LogP) is 0.684. The molecule has 0 aliphatic rings. The van der Waals surface area contributed by atoms with Crippen molar-refractivity contribution >= 4 is 17.8 Å². The van der Waals surface area contributed by atoms with E-state index in [2.05, 4.69) is 10.6 Å². The van der Waals surface area contributed by atoms with E-state index in [1.165, 1.54) is 20.9 Å². The number of aliphatic carboxylic acids is 1. The molecule has 0 aliphatic heterocycles. The van der Waals surface area contributed by atoms with Gasteiger partial charge in [-0.15, -0.1) is 0 Å². The zero-order valence-corrected chi connectivity index (χ0v) is 12.0. The van der Waals surface area contributed by atoms with Crippen LogP contribution in [0, 0.1) is 5.92 Å². The third kappa shape index (κ3) is 5.54. The van der Waals surface area contributed by atoms with Crippen LogP contribution in [0.25, 0.3) is 0 Å². The minimum absolute atomic E-state index is 0.0299. The molecular weight excluding hydrogens is 248 g/mol. The molecule has 0 aromatic rings. The van der Waals surface area contributed by atoms with Gasteiger partial charge in [0, 0.05) is 18.2 Å². The molecule has 1 unspecified atom stereocenters. The molecule has 2 amide bonds. The van der Waals surface area contributed by atoms with E-state index < -0.39 is 17.9 Å². The number of carboxylic acids is 1. The van der Waals surface area contributed by atoms with E-state index in [0.29, 0.717) is 6.42 Å². The molecule has 0 aromatic carbocycles. The SMILES string of the molecule is CNC(=O)C(CC(C)C)NC(=O)C(C)=C(C)C(=O)O. The molecule has 0 fully saturated rings. The zero-order chi connectivity index (χ0) is 15.2. The molecule has 3 N–H and O–H groups in total. The van der Waals surface area contributed by atoms with Gasteiger partial charge in [0.05, 0.1) is 0 Å². The van der Waals surface area contributed by atoms with Crippen LogP contribution in [-0.4, -0.2) is 36.0 Å². The Balaban J connectivity index is 4.96. The molecule has 1 atom stereocenters. The first-order valence-electron chi connectivity index (χ1n) is 6.13. The van der Waals surface area contributed by atoms with Crippen LogP contribution >= 0.6 is 0 Å². The van der Waals surface area contributed by atoms with E-state index in [1.54, 1.807) is 0 Å². The average Bonchev–Trinajstić information content (AvgIpc) is 2.34. The van der Waals surface area contributed by atoms with Crippen LogP contribution in [0.1, 0.15) is 34.1 Å². The minimum atomic E-state index is -1.15. The van der Waals surface area contributed by atoms with Crippen molar-refractivity contribution in [1.29, 1.82) is 0 Å². The van der Waals surface area contributed by atoms with Crippen molar-refractivity contribution < 1.29 is 19.5 Å². The summed E-state index contributed by atoms with van der Waals surface area (Å²) in [5, 5.41) is 13.9. The van der Waals surface area contributed by atoms with Gasteiger partial charge in [0.15, 0.2) is 0 Å². The normalized spacial score (nSPS) is 13.6. The number of nitrogens with one attached hydrogen (secondary N) is 2. The Morgan fingerprint density at radius 2 is 1.63 bits per heavy atom. The minimum Gasteiger partial charge on any atom is -0.478 e. The Morgan fingerprint density at radius 3 is 2.00 bits per heavy atom. The first-order chi connectivity index (χ1) is 8.70. The Hall–Kier alpha value is -1.85. The molecule has 0 bridgehead atoms. The van der Waals surface area contributed by atoms with Crippen molar-refractivity contribution in [2.45, 2.75) is 40.2 Å². The monoisotopic (exact) mass is 270 g/mol. The van der Waals surface area contributed by atoms with Crippen molar-refractivity contribution in [2.75, 3.05) is 7.05 Å². The van der Waals surface area contributed by atoms with Gasteiger partial charge in [0.25, 0.3) is 0 Å². The first-order valence-corrected chi connectivity index (χ1v) is 6.13. The summed E-state index contributed by atoms with van der Waals surface area (Å²) in [6.07, 6.45) is 0.491. The zero-order valence-electron chi connectivity index (χ0n) is 12.0. The highest BCUT2D eigenvalue weighted by Gasteiger charge is 2.22. The fourth-order valence-corrected chi connectivity index (χ4v) is 1.47. The fraction of sp³-hybridized carbons (Fsp3) is 0.615. The number of carboxylic acid groups (broad SMARTS) is 1. The van der Waals surface area contributed by atoms with E-state index in [-0.39, 0.29) is 23.0 Å². The van der Waals surface area contributed by atoms with Gasteiger partial charge in [0.1, 0.15) is 6.04 Å². The van der Waals surface area contributed by atoms with Gasteiger partial charge in [0.2, 0.25) is 11.8 Å². The predicted molar refractivity (Wildman–Crippen MR) is 71.5 cm³/mol. The highest BCUT2D eigenvalue weighted by atomic mass is 16.4. The van der Waals surface area contributed by atoms with Gasteiger partial charge in [-0.2, -0.15) is 0 Å². The van der Waals surface area contributed by atoms with Crippen LogP contribution < -0.4 is 10.6 Å². The second kappa shape index (κ2) is 7.56. The van der Waals surface area contributed by atoms with Crippen LogP contribution in [0.5, 0.6) is 0 Å². The number of amides is 2. The van der Waals surface area contributed by atoms with E-state index in [0.717, 1.165) is 0 Å². The maximum Gasteiger partial charge on any atom is 0.331 e. The smallest absolute Gasteiger partial charge is 0.331 e. The molecule has 0 rings (SSSR count). The number of rotatable bonds is 6. The lowest BCUT2D eigenvalue weighted by molar-refractivity contribution is -0.133. The number of hydrogen-bond donors (Lipinski definition) is 3. The Kier molecular flexibility index (Phi) is 6.82. The first kappa shape index (κ1) is 17.2. The molecule has 0 aromatic heterocycles. The maximum absolute atomic E-state index is 11.9. The summed E-state index contributed by atoms with van der Waals surface area (Å²) in [5.41, 5.74) is 0.0721. The van der Waals surface area contributed by atoms with Crippen molar-refractivity contribution in [1.82, 2.24) is 10.6 Å². The van der Waals surface area contributed by atoms with Gasteiger partial charge in [-0.3, -0.25) is 9.59 Å². The summed E-state index contributed by atoms with van der Waals surface area (Å²) < 4.78 is 0. The van der Waals surface area contributed by atoms with E-state index >= 15 is 0 Å². The van der Waals surface area contributed by atoms with Gasteiger partial charge in [-0.05, 0) is 26.2 Å². The van der Waals surface area contributed by atoms with Crippen LogP contribution in [0.2, 0.25) is 0 Å². The standard InChI is InChI=1S/C13H22N2O4/c1-7(2)6-10(12(17)14-5)15-11(16)8(3)9(4)13(18)19/h7,10H,6H2,1-5H3,(H,14,17)(H,15,16)(H,18,19). The largest absolute Gasteiger partial charge is 0.478 e. The van der Waals surface area contributed by atoms with Crippen molar-refractivity contribution in [2.24, 2.45) is 5.92 Å². The number of carbonyl (C=O) groups is 3. The third-order valence-electron chi connectivity index (χ3n) is 2.80. The lowest BCUT2D eigenvalue weighted by Crippen LogP contribution is -2.46.